The summed E-state index contributed by atoms with van der Waals surface area (Å²) in [4.78, 5) is 19.3. The van der Waals surface area contributed by atoms with Crippen molar-refractivity contribution in [2.45, 2.75) is 19.9 Å². The van der Waals surface area contributed by atoms with Gasteiger partial charge in [-0.15, -0.1) is 0 Å². The summed E-state index contributed by atoms with van der Waals surface area (Å²) in [5.74, 6) is 0.243. The summed E-state index contributed by atoms with van der Waals surface area (Å²) in [7, 11) is 1.57. The summed E-state index contributed by atoms with van der Waals surface area (Å²) >= 11 is 0. The summed E-state index contributed by atoms with van der Waals surface area (Å²) < 4.78 is 38.6. The molecular weight excluding hydrogens is 466 g/mol. The zero-order valence-corrected chi connectivity index (χ0v) is 19.8. The predicted octanol–water partition coefficient (Wildman–Crippen LogP) is 6.03. The molecule has 0 aliphatic carbocycles. The van der Waals surface area contributed by atoms with Crippen molar-refractivity contribution in [3.05, 3.63) is 101 Å². The van der Waals surface area contributed by atoms with Crippen LogP contribution in [0, 0.1) is 18.6 Å². The lowest BCUT2D eigenvalue weighted by molar-refractivity contribution is 0.244. The van der Waals surface area contributed by atoms with Crippen LogP contribution in [-0.2, 0) is 0 Å². The van der Waals surface area contributed by atoms with E-state index >= 15 is 0 Å². The second-order valence-electron chi connectivity index (χ2n) is 8.36. The van der Waals surface area contributed by atoms with Crippen LogP contribution < -0.4 is 15.0 Å². The van der Waals surface area contributed by atoms with Crippen molar-refractivity contribution in [1.82, 2.24) is 15.5 Å². The molecule has 182 valence electrons. The molecule has 0 saturated carbocycles. The molecule has 1 atom stereocenters. The average molecular weight is 488 g/mol. The maximum absolute atomic E-state index is 13.9. The number of ether oxygens (including phenoxy) is 1. The third kappa shape index (κ3) is 4.19. The number of carbonyl (C=O) groups is 1. The van der Waals surface area contributed by atoms with E-state index in [2.05, 4.69) is 15.5 Å². The second kappa shape index (κ2) is 9.26. The fourth-order valence-corrected chi connectivity index (χ4v) is 4.22. The van der Waals surface area contributed by atoms with Crippen LogP contribution in [0.15, 0.2) is 77.0 Å². The molecule has 0 spiro atoms. The van der Waals surface area contributed by atoms with Crippen LogP contribution >= 0.6 is 0 Å². The number of anilines is 1. The van der Waals surface area contributed by atoms with Gasteiger partial charge in [-0.25, -0.2) is 13.6 Å². The number of amides is 2. The first-order valence-electron chi connectivity index (χ1n) is 11.2. The number of aromatic nitrogens is 2. The molecule has 2 heterocycles. The minimum Gasteiger partial charge on any atom is -0.497 e. The third-order valence-electron chi connectivity index (χ3n) is 6.07. The Morgan fingerprint density at radius 3 is 2.50 bits per heavy atom. The molecule has 0 saturated heterocycles. The minimum absolute atomic E-state index is 0.163. The smallest absolute Gasteiger partial charge is 0.326 e. The first kappa shape index (κ1) is 23.2. The fraction of sp³-hybridized carbons (Fsp3) is 0.148. The number of hydrogen-bond donors (Lipinski definition) is 1. The molecule has 3 aromatic carbocycles. The maximum Gasteiger partial charge on any atom is 0.326 e. The molecule has 36 heavy (non-hydrogen) atoms. The van der Waals surface area contributed by atoms with E-state index in [1.807, 2.05) is 12.1 Å². The number of rotatable bonds is 5. The highest BCUT2D eigenvalue weighted by Crippen LogP contribution is 2.39. The van der Waals surface area contributed by atoms with Gasteiger partial charge in [-0.2, -0.15) is 4.98 Å². The van der Waals surface area contributed by atoms with E-state index in [0.29, 0.717) is 33.8 Å². The van der Waals surface area contributed by atoms with Crippen molar-refractivity contribution < 1.29 is 22.8 Å². The molecule has 0 radical (unpaired) electrons. The number of benzene rings is 3. The first-order valence-corrected chi connectivity index (χ1v) is 11.2. The van der Waals surface area contributed by atoms with Crippen LogP contribution in [0.3, 0.4) is 0 Å². The Labute approximate surface area is 206 Å². The summed E-state index contributed by atoms with van der Waals surface area (Å²) in [6.07, 6.45) is 0. The predicted molar refractivity (Wildman–Crippen MR) is 130 cm³/mol. The van der Waals surface area contributed by atoms with E-state index < -0.39 is 17.9 Å². The van der Waals surface area contributed by atoms with Crippen LogP contribution in [0.1, 0.15) is 30.0 Å². The van der Waals surface area contributed by atoms with Gasteiger partial charge in [-0.1, -0.05) is 29.4 Å². The molecule has 1 aliphatic rings. The number of halogens is 2. The Balaban J connectivity index is 1.65. The molecule has 1 unspecified atom stereocenters. The lowest BCUT2D eigenvalue weighted by atomic mass is 9.94. The van der Waals surface area contributed by atoms with Gasteiger partial charge in [0, 0.05) is 11.3 Å². The number of aryl methyl sites for hydroxylation is 1. The lowest BCUT2D eigenvalue weighted by Crippen LogP contribution is -2.46. The van der Waals surface area contributed by atoms with Crippen molar-refractivity contribution in [1.29, 1.82) is 0 Å². The molecule has 1 aliphatic heterocycles. The van der Waals surface area contributed by atoms with Gasteiger partial charge in [0.15, 0.2) is 0 Å². The molecule has 0 bridgehead atoms. The van der Waals surface area contributed by atoms with Gasteiger partial charge < -0.3 is 14.6 Å². The zero-order valence-electron chi connectivity index (χ0n) is 19.8. The Hall–Kier alpha value is -4.53. The molecule has 0 fully saturated rings. The van der Waals surface area contributed by atoms with E-state index in [9.17, 15) is 13.6 Å². The number of nitrogens with one attached hydrogen (secondary N) is 1. The monoisotopic (exact) mass is 488 g/mol. The van der Waals surface area contributed by atoms with Crippen molar-refractivity contribution in [3.63, 3.8) is 0 Å². The van der Waals surface area contributed by atoms with Gasteiger partial charge in [0.1, 0.15) is 17.4 Å². The number of nitrogens with zero attached hydrogens (tertiary/aromatic N) is 3. The van der Waals surface area contributed by atoms with Gasteiger partial charge >= 0.3 is 6.03 Å². The molecule has 7 nitrogen and oxygen atoms in total. The molecular formula is C27H22F2N4O3. The van der Waals surface area contributed by atoms with Gasteiger partial charge in [0.05, 0.1) is 24.4 Å². The maximum atomic E-state index is 13.9. The highest BCUT2D eigenvalue weighted by Gasteiger charge is 2.36. The van der Waals surface area contributed by atoms with E-state index in [4.69, 9.17) is 9.26 Å². The Morgan fingerprint density at radius 2 is 1.81 bits per heavy atom. The minimum atomic E-state index is -0.623. The molecule has 9 heteroatoms. The van der Waals surface area contributed by atoms with Crippen LogP contribution in [0.25, 0.3) is 17.0 Å². The van der Waals surface area contributed by atoms with Gasteiger partial charge in [-0.05, 0) is 67.4 Å². The van der Waals surface area contributed by atoms with Crippen LogP contribution in [0.4, 0.5) is 19.3 Å². The van der Waals surface area contributed by atoms with Crippen molar-refractivity contribution >= 4 is 17.3 Å². The van der Waals surface area contributed by atoms with Gasteiger partial charge in [-0.3, -0.25) is 4.90 Å². The highest BCUT2D eigenvalue weighted by molar-refractivity contribution is 6.01. The van der Waals surface area contributed by atoms with E-state index in [1.54, 1.807) is 51.3 Å². The summed E-state index contributed by atoms with van der Waals surface area (Å²) in [5, 5.41) is 7.04. The summed E-state index contributed by atoms with van der Waals surface area (Å²) in [6, 6.07) is 16.5. The van der Waals surface area contributed by atoms with Crippen molar-refractivity contribution in [3.8, 4) is 17.1 Å². The van der Waals surface area contributed by atoms with Crippen molar-refractivity contribution in [2.24, 2.45) is 0 Å². The number of methoxy groups -OCH3 is 1. The van der Waals surface area contributed by atoms with Gasteiger partial charge in [0.2, 0.25) is 5.82 Å². The van der Waals surface area contributed by atoms with Crippen molar-refractivity contribution in [2.75, 3.05) is 12.0 Å². The third-order valence-corrected chi connectivity index (χ3v) is 6.07. The highest BCUT2D eigenvalue weighted by atomic mass is 19.1. The molecule has 1 N–H and O–H groups in total. The lowest BCUT2D eigenvalue weighted by Gasteiger charge is -2.35. The molecule has 4 aromatic rings. The number of urea groups is 1. The van der Waals surface area contributed by atoms with E-state index in [0.717, 1.165) is 5.56 Å². The largest absolute Gasteiger partial charge is 0.497 e. The second-order valence-corrected chi connectivity index (χ2v) is 8.36. The molecule has 5 rings (SSSR count). The van der Waals surface area contributed by atoms with Crippen LogP contribution in [-0.4, -0.2) is 23.3 Å². The number of carbonyl (C=O) groups excluding carboxylic acids is 1. The standard InChI is InChI=1S/C27H22F2N4O3/c1-15-13-20(9-12-22(15)29)33-16(2)23(24(30-27(33)34)17-7-10-21(35-3)11-8-17)26-31-25(32-36-26)18-5-4-6-19(28)14-18/h4-14,24H,1-3H3,(H,30,34). The average Bonchev–Trinajstić information content (AvgIpc) is 3.36. The topological polar surface area (TPSA) is 80.5 Å². The van der Waals surface area contributed by atoms with Gasteiger partial charge in [0.25, 0.3) is 5.89 Å². The zero-order chi connectivity index (χ0) is 25.4. The fourth-order valence-electron chi connectivity index (χ4n) is 4.22. The Bertz CT molecular complexity index is 1480. The summed E-state index contributed by atoms with van der Waals surface area (Å²) in [6.45, 7) is 3.39. The van der Waals surface area contributed by atoms with E-state index in [-0.39, 0.29) is 17.5 Å². The first-order chi connectivity index (χ1) is 17.4. The van der Waals surface area contributed by atoms with Crippen LogP contribution in [0.5, 0.6) is 5.75 Å². The van der Waals surface area contributed by atoms with Crippen LogP contribution in [0.2, 0.25) is 0 Å². The number of hydrogen-bond acceptors (Lipinski definition) is 5. The molecule has 1 aromatic heterocycles. The summed E-state index contributed by atoms with van der Waals surface area (Å²) in [5.41, 5.74) is 3.18. The molecule has 2 amide bonds. The van der Waals surface area contributed by atoms with E-state index in [1.165, 1.54) is 29.2 Å². The normalized spacial score (nSPS) is 15.8. The Morgan fingerprint density at radius 1 is 1.03 bits per heavy atom. The quantitative estimate of drug-likeness (QED) is 0.371. The SMILES string of the molecule is COc1ccc(C2NC(=O)N(c3ccc(F)c(C)c3)C(C)=C2c2nc(-c3cccc(F)c3)no2)cc1. The number of allylic oxidation sites excluding steroid dienone is 1. The Kier molecular flexibility index (Phi) is 5.97.